The summed E-state index contributed by atoms with van der Waals surface area (Å²) in [7, 11) is 0. The molecule has 138 valence electrons. The number of anilines is 1. The summed E-state index contributed by atoms with van der Waals surface area (Å²) in [4.78, 5) is 23.8. The average Bonchev–Trinajstić information content (AvgIpc) is 3.19. The molecular formula is C19H18N4O4. The fraction of sp³-hybridized carbons (Fsp3) is 0.158. The van der Waals surface area contributed by atoms with Gasteiger partial charge in [-0.15, -0.1) is 10.2 Å². The molecule has 27 heavy (non-hydrogen) atoms. The zero-order valence-corrected chi connectivity index (χ0v) is 14.9. The lowest BCUT2D eigenvalue weighted by atomic mass is 10.1. The molecule has 3 aromatic rings. The van der Waals surface area contributed by atoms with E-state index >= 15 is 0 Å². The zero-order valence-electron chi connectivity index (χ0n) is 14.9. The van der Waals surface area contributed by atoms with Gasteiger partial charge in [0.05, 0.1) is 0 Å². The van der Waals surface area contributed by atoms with Crippen molar-refractivity contribution >= 4 is 17.6 Å². The number of imide groups is 1. The summed E-state index contributed by atoms with van der Waals surface area (Å²) < 4.78 is 10.5. The van der Waals surface area contributed by atoms with Crippen LogP contribution in [0.2, 0.25) is 0 Å². The van der Waals surface area contributed by atoms with E-state index in [0.717, 1.165) is 16.7 Å². The first kappa shape index (κ1) is 18.1. The molecule has 0 radical (unpaired) electrons. The number of carbonyl (C=O) groups excluding carboxylic acids is 2. The minimum Gasteiger partial charge on any atom is -0.484 e. The molecule has 8 heteroatoms. The molecule has 3 amide bonds. The third kappa shape index (κ3) is 4.69. The topological polar surface area (TPSA) is 106 Å². The van der Waals surface area contributed by atoms with Crippen molar-refractivity contribution < 1.29 is 18.7 Å². The number of rotatable bonds is 5. The highest BCUT2D eigenvalue weighted by atomic mass is 16.5. The number of urea groups is 1. The van der Waals surface area contributed by atoms with Crippen LogP contribution >= 0.6 is 0 Å². The second-order valence-electron chi connectivity index (χ2n) is 5.81. The summed E-state index contributed by atoms with van der Waals surface area (Å²) in [5.74, 6) is 0.310. The molecule has 1 aromatic heterocycles. The molecule has 3 rings (SSSR count). The Balaban J connectivity index is 1.49. The highest BCUT2D eigenvalue weighted by molar-refractivity contribution is 6.02. The molecule has 0 atom stereocenters. The molecule has 0 aliphatic heterocycles. The van der Waals surface area contributed by atoms with Crippen molar-refractivity contribution in [3.05, 3.63) is 60.0 Å². The van der Waals surface area contributed by atoms with Crippen LogP contribution in [0, 0.1) is 13.8 Å². The Morgan fingerprint density at radius 1 is 1.11 bits per heavy atom. The number of hydrogen-bond donors (Lipinski definition) is 2. The number of nitrogens with zero attached hydrogens (tertiary/aromatic N) is 2. The second-order valence-corrected chi connectivity index (χ2v) is 5.81. The first-order valence-corrected chi connectivity index (χ1v) is 8.19. The van der Waals surface area contributed by atoms with E-state index in [2.05, 4.69) is 20.8 Å². The number of benzene rings is 2. The van der Waals surface area contributed by atoms with Crippen LogP contribution in [-0.4, -0.2) is 28.7 Å². The lowest BCUT2D eigenvalue weighted by Crippen LogP contribution is -2.37. The van der Waals surface area contributed by atoms with E-state index in [9.17, 15) is 9.59 Å². The molecule has 2 aromatic carbocycles. The van der Waals surface area contributed by atoms with Gasteiger partial charge in [-0.05, 0) is 55.3 Å². The summed E-state index contributed by atoms with van der Waals surface area (Å²) >= 11 is 0. The maximum Gasteiger partial charge on any atom is 0.325 e. The standard InChI is InChI=1S/C19H18N4O4/c1-12-4-3-5-16(13(12)2)21-19(25)22-17(24)10-26-15-8-6-14(7-9-15)18-23-20-11-27-18/h3-9,11H,10H2,1-2H3,(H2,21,22,24,25). The van der Waals surface area contributed by atoms with Crippen molar-refractivity contribution in [2.24, 2.45) is 0 Å². The van der Waals surface area contributed by atoms with Crippen molar-refractivity contribution in [2.75, 3.05) is 11.9 Å². The smallest absolute Gasteiger partial charge is 0.325 e. The minimum atomic E-state index is -0.607. The van der Waals surface area contributed by atoms with E-state index < -0.39 is 11.9 Å². The van der Waals surface area contributed by atoms with Crippen LogP contribution in [0.1, 0.15) is 11.1 Å². The van der Waals surface area contributed by atoms with E-state index in [1.165, 1.54) is 6.39 Å². The van der Waals surface area contributed by atoms with Gasteiger partial charge in [-0.25, -0.2) is 4.79 Å². The van der Waals surface area contributed by atoms with Gasteiger partial charge in [0, 0.05) is 11.3 Å². The fourth-order valence-corrected chi connectivity index (χ4v) is 2.34. The number of hydrogen-bond acceptors (Lipinski definition) is 6. The van der Waals surface area contributed by atoms with Gasteiger partial charge in [0.1, 0.15) is 5.75 Å². The maximum absolute atomic E-state index is 12.0. The Morgan fingerprint density at radius 2 is 1.89 bits per heavy atom. The van der Waals surface area contributed by atoms with Crippen molar-refractivity contribution in [3.8, 4) is 17.2 Å². The predicted molar refractivity (Wildman–Crippen MR) is 98.3 cm³/mol. The van der Waals surface area contributed by atoms with Gasteiger partial charge in [0.25, 0.3) is 5.91 Å². The largest absolute Gasteiger partial charge is 0.484 e. The van der Waals surface area contributed by atoms with Crippen LogP contribution in [0.25, 0.3) is 11.5 Å². The molecule has 0 unspecified atom stereocenters. The Morgan fingerprint density at radius 3 is 2.59 bits per heavy atom. The summed E-state index contributed by atoms with van der Waals surface area (Å²) in [6.07, 6.45) is 1.24. The molecule has 8 nitrogen and oxygen atoms in total. The number of aryl methyl sites for hydroxylation is 1. The zero-order chi connectivity index (χ0) is 19.2. The van der Waals surface area contributed by atoms with Crippen molar-refractivity contribution in [2.45, 2.75) is 13.8 Å². The third-order valence-corrected chi connectivity index (χ3v) is 3.94. The van der Waals surface area contributed by atoms with Gasteiger partial charge >= 0.3 is 6.03 Å². The molecule has 0 saturated heterocycles. The molecular weight excluding hydrogens is 348 g/mol. The van der Waals surface area contributed by atoms with Gasteiger partial charge in [0.15, 0.2) is 6.61 Å². The summed E-state index contributed by atoms with van der Waals surface area (Å²) in [6, 6.07) is 11.7. The van der Waals surface area contributed by atoms with Crippen LogP contribution in [0.4, 0.5) is 10.5 Å². The first-order valence-electron chi connectivity index (χ1n) is 8.19. The normalized spacial score (nSPS) is 10.3. The Labute approximate surface area is 155 Å². The number of carbonyl (C=O) groups is 2. The Hall–Kier alpha value is -3.68. The first-order chi connectivity index (χ1) is 13.0. The van der Waals surface area contributed by atoms with Gasteiger partial charge in [-0.1, -0.05) is 12.1 Å². The molecule has 0 bridgehead atoms. The van der Waals surface area contributed by atoms with E-state index in [1.54, 1.807) is 30.3 Å². The number of amides is 3. The van der Waals surface area contributed by atoms with Crippen LogP contribution in [0.15, 0.2) is 53.3 Å². The quantitative estimate of drug-likeness (QED) is 0.719. The number of aromatic nitrogens is 2. The Bertz CT molecular complexity index is 937. The fourth-order valence-electron chi connectivity index (χ4n) is 2.34. The van der Waals surface area contributed by atoms with Gasteiger partial charge in [0.2, 0.25) is 12.3 Å². The summed E-state index contributed by atoms with van der Waals surface area (Å²) in [5, 5.41) is 12.3. The van der Waals surface area contributed by atoms with Gasteiger partial charge in [-0.3, -0.25) is 10.1 Å². The van der Waals surface area contributed by atoms with Crippen LogP contribution in [0.3, 0.4) is 0 Å². The summed E-state index contributed by atoms with van der Waals surface area (Å²) in [6.45, 7) is 3.55. The highest BCUT2D eigenvalue weighted by Crippen LogP contribution is 2.20. The van der Waals surface area contributed by atoms with E-state index in [4.69, 9.17) is 9.15 Å². The molecule has 0 aliphatic carbocycles. The second kappa shape index (κ2) is 8.13. The highest BCUT2D eigenvalue weighted by Gasteiger charge is 2.11. The Kier molecular flexibility index (Phi) is 5.46. The lowest BCUT2D eigenvalue weighted by Gasteiger charge is -2.11. The molecule has 0 saturated carbocycles. The van der Waals surface area contributed by atoms with E-state index in [0.29, 0.717) is 17.3 Å². The minimum absolute atomic E-state index is 0.292. The molecule has 1 heterocycles. The van der Waals surface area contributed by atoms with Gasteiger partial charge < -0.3 is 14.5 Å². The molecule has 0 aliphatic rings. The van der Waals surface area contributed by atoms with Crippen LogP contribution < -0.4 is 15.4 Å². The average molecular weight is 366 g/mol. The SMILES string of the molecule is Cc1cccc(NC(=O)NC(=O)COc2ccc(-c3nnco3)cc2)c1C. The van der Waals surface area contributed by atoms with Gasteiger partial charge in [-0.2, -0.15) is 0 Å². The number of nitrogens with one attached hydrogen (secondary N) is 2. The van der Waals surface area contributed by atoms with Crippen LogP contribution in [-0.2, 0) is 4.79 Å². The predicted octanol–water partition coefficient (Wildman–Crippen LogP) is 3.08. The van der Waals surface area contributed by atoms with Crippen molar-refractivity contribution in [1.29, 1.82) is 0 Å². The van der Waals surface area contributed by atoms with E-state index in [-0.39, 0.29) is 6.61 Å². The molecule has 0 fully saturated rings. The molecule has 0 spiro atoms. The van der Waals surface area contributed by atoms with E-state index in [1.807, 2.05) is 26.0 Å². The number of ether oxygens (including phenoxy) is 1. The maximum atomic E-state index is 12.0. The third-order valence-electron chi connectivity index (χ3n) is 3.94. The lowest BCUT2D eigenvalue weighted by molar-refractivity contribution is -0.121. The summed E-state index contributed by atoms with van der Waals surface area (Å²) in [5.41, 5.74) is 3.37. The van der Waals surface area contributed by atoms with Crippen LogP contribution in [0.5, 0.6) is 5.75 Å². The molecule has 2 N–H and O–H groups in total. The van der Waals surface area contributed by atoms with Crippen molar-refractivity contribution in [1.82, 2.24) is 15.5 Å². The monoisotopic (exact) mass is 366 g/mol. The van der Waals surface area contributed by atoms with Crippen molar-refractivity contribution in [3.63, 3.8) is 0 Å².